The van der Waals surface area contributed by atoms with Crippen LogP contribution in [0, 0.1) is 18.6 Å². The van der Waals surface area contributed by atoms with Gasteiger partial charge in [-0.05, 0) is 25.1 Å². The summed E-state index contributed by atoms with van der Waals surface area (Å²) in [4.78, 5) is 8.26. The van der Waals surface area contributed by atoms with Crippen LogP contribution in [0.1, 0.15) is 17.0 Å². The van der Waals surface area contributed by atoms with Crippen molar-refractivity contribution in [3.05, 3.63) is 52.9 Å². The van der Waals surface area contributed by atoms with E-state index in [1.807, 2.05) is 0 Å². The third-order valence-electron chi connectivity index (χ3n) is 4.91. The molecule has 0 aliphatic heterocycles. The van der Waals surface area contributed by atoms with Crippen molar-refractivity contribution >= 4 is 16.7 Å². The lowest BCUT2D eigenvalue weighted by molar-refractivity contribution is -0.206. The highest BCUT2D eigenvalue weighted by Crippen LogP contribution is 2.38. The van der Waals surface area contributed by atoms with Gasteiger partial charge in [-0.1, -0.05) is 0 Å². The van der Waals surface area contributed by atoms with Gasteiger partial charge >= 0.3 is 12.4 Å². The molecule has 196 valence electrons. The van der Waals surface area contributed by atoms with Crippen molar-refractivity contribution in [1.29, 1.82) is 0 Å². The molecule has 0 spiro atoms. The van der Waals surface area contributed by atoms with Crippen LogP contribution >= 0.6 is 0 Å². The van der Waals surface area contributed by atoms with Crippen molar-refractivity contribution in [3.63, 3.8) is 0 Å². The van der Waals surface area contributed by atoms with Gasteiger partial charge in [-0.25, -0.2) is 18.7 Å². The van der Waals surface area contributed by atoms with E-state index in [4.69, 9.17) is 9.47 Å². The number of nitrogens with one attached hydrogen (secondary N) is 1. The summed E-state index contributed by atoms with van der Waals surface area (Å²) in [6.45, 7) is 0.0280. The maximum atomic E-state index is 14.4. The minimum atomic E-state index is -5.13. The van der Waals surface area contributed by atoms with Gasteiger partial charge in [-0.3, -0.25) is 0 Å². The maximum absolute atomic E-state index is 14.4. The molecule has 3 rings (SSSR count). The number of nitrogens with zero attached hydrogens (tertiary/aromatic N) is 2. The molecular weight excluding hydrogens is 506 g/mol. The first-order valence-electron chi connectivity index (χ1n) is 10.1. The van der Waals surface area contributed by atoms with Gasteiger partial charge in [0.05, 0.1) is 24.8 Å². The Bertz CT molecular complexity index is 1250. The molecule has 0 saturated heterocycles. The third kappa shape index (κ3) is 6.04. The molecule has 0 aliphatic carbocycles. The molecule has 1 atom stereocenters. The normalized spacial score (nSPS) is 13.1. The summed E-state index contributed by atoms with van der Waals surface area (Å²) in [5, 5.41) is 2.68. The average molecular weight is 525 g/mol. The monoisotopic (exact) mass is 525 g/mol. The van der Waals surface area contributed by atoms with Crippen LogP contribution in [-0.4, -0.2) is 43.1 Å². The van der Waals surface area contributed by atoms with Crippen LogP contribution in [0.4, 0.5) is 40.9 Å². The fourth-order valence-corrected chi connectivity index (χ4v) is 3.30. The Hall–Kier alpha value is -3.42. The van der Waals surface area contributed by atoms with Crippen LogP contribution in [0.5, 0.6) is 11.5 Å². The van der Waals surface area contributed by atoms with Crippen molar-refractivity contribution in [2.45, 2.75) is 31.9 Å². The minimum absolute atomic E-state index is 0.0377. The van der Waals surface area contributed by atoms with Crippen LogP contribution < -0.4 is 14.8 Å². The second-order valence-corrected chi connectivity index (χ2v) is 7.52. The first kappa shape index (κ1) is 27.2. The standard InChI is InChI=1S/C22H19F8N3O3/c1-10-32-15-7-16(35-3)17(36-18(9-34-2)22(28,29)30)6-13(15)20(33-10)31-8-11-4-12(23)5-14(19(11)24)21(25,26)27/h4-7,18H,8-9H2,1-3H3,(H,31,32,33). The van der Waals surface area contributed by atoms with Crippen molar-refractivity contribution in [3.8, 4) is 11.5 Å². The first-order valence-corrected chi connectivity index (χ1v) is 10.1. The second kappa shape index (κ2) is 10.3. The van der Waals surface area contributed by atoms with E-state index in [1.54, 1.807) is 0 Å². The van der Waals surface area contributed by atoms with Gasteiger partial charge in [0, 0.05) is 30.7 Å². The molecule has 1 heterocycles. The van der Waals surface area contributed by atoms with E-state index in [2.05, 4.69) is 20.0 Å². The van der Waals surface area contributed by atoms with Crippen molar-refractivity contribution in [2.75, 3.05) is 26.1 Å². The molecule has 1 aromatic heterocycles. The Labute approximate surface area is 199 Å². The van der Waals surface area contributed by atoms with Gasteiger partial charge in [-0.15, -0.1) is 0 Å². The van der Waals surface area contributed by atoms with Crippen LogP contribution in [0.25, 0.3) is 10.9 Å². The van der Waals surface area contributed by atoms with Crippen molar-refractivity contribution in [2.24, 2.45) is 0 Å². The molecule has 0 aliphatic rings. The number of anilines is 1. The van der Waals surface area contributed by atoms with Gasteiger partial charge in [0.25, 0.3) is 0 Å². The van der Waals surface area contributed by atoms with Crippen LogP contribution in [0.15, 0.2) is 24.3 Å². The summed E-state index contributed by atoms with van der Waals surface area (Å²) in [5.74, 6) is -3.33. The number of halogens is 8. The topological polar surface area (TPSA) is 65.5 Å². The highest BCUT2D eigenvalue weighted by molar-refractivity contribution is 5.91. The lowest BCUT2D eigenvalue weighted by Gasteiger charge is -2.22. The Morgan fingerprint density at radius 2 is 1.64 bits per heavy atom. The molecule has 0 saturated carbocycles. The lowest BCUT2D eigenvalue weighted by atomic mass is 10.1. The van der Waals surface area contributed by atoms with E-state index in [1.165, 1.54) is 20.1 Å². The zero-order chi connectivity index (χ0) is 26.8. The number of aromatic nitrogens is 2. The third-order valence-corrected chi connectivity index (χ3v) is 4.91. The quantitative estimate of drug-likeness (QED) is 0.375. The molecule has 0 bridgehead atoms. The number of hydrogen-bond acceptors (Lipinski definition) is 6. The SMILES string of the molecule is COCC(Oc1cc2c(NCc3cc(F)cc(C(F)(F)F)c3F)nc(C)nc2cc1OC)C(F)(F)F. The molecule has 0 amide bonds. The Morgan fingerprint density at radius 1 is 0.944 bits per heavy atom. The number of rotatable bonds is 8. The summed E-state index contributed by atoms with van der Waals surface area (Å²) in [7, 11) is 2.26. The Kier molecular flexibility index (Phi) is 7.76. The molecule has 36 heavy (non-hydrogen) atoms. The zero-order valence-electron chi connectivity index (χ0n) is 18.9. The summed E-state index contributed by atoms with van der Waals surface area (Å²) < 4.78 is 122. The first-order chi connectivity index (χ1) is 16.7. The fourth-order valence-electron chi connectivity index (χ4n) is 3.30. The molecule has 3 aromatic rings. The summed E-state index contributed by atoms with van der Waals surface area (Å²) in [5.41, 5.74) is -2.24. The summed E-state index contributed by atoms with van der Waals surface area (Å²) in [6, 6.07) is 3.03. The number of methoxy groups -OCH3 is 2. The molecular formula is C22H19F8N3O3. The smallest absolute Gasteiger partial charge is 0.427 e. The van der Waals surface area contributed by atoms with E-state index in [0.717, 1.165) is 13.2 Å². The molecule has 6 nitrogen and oxygen atoms in total. The predicted molar refractivity (Wildman–Crippen MR) is 112 cm³/mol. The molecule has 0 fully saturated rings. The molecule has 1 unspecified atom stereocenters. The van der Waals surface area contributed by atoms with Crippen molar-refractivity contribution < 1.29 is 49.3 Å². The number of benzene rings is 2. The van der Waals surface area contributed by atoms with Crippen molar-refractivity contribution in [1.82, 2.24) is 9.97 Å². The van der Waals surface area contributed by atoms with Gasteiger partial charge in [0.1, 0.15) is 23.3 Å². The fraction of sp³-hybridized carbons (Fsp3) is 0.364. The van der Waals surface area contributed by atoms with Gasteiger partial charge in [0.15, 0.2) is 11.5 Å². The molecule has 1 N–H and O–H groups in total. The summed E-state index contributed by atoms with van der Waals surface area (Å²) >= 11 is 0. The number of ether oxygens (including phenoxy) is 3. The molecule has 2 aromatic carbocycles. The largest absolute Gasteiger partial charge is 0.493 e. The second-order valence-electron chi connectivity index (χ2n) is 7.52. The minimum Gasteiger partial charge on any atom is -0.493 e. The van der Waals surface area contributed by atoms with Crippen LogP contribution in [0.2, 0.25) is 0 Å². The lowest BCUT2D eigenvalue weighted by Crippen LogP contribution is -2.38. The highest BCUT2D eigenvalue weighted by atomic mass is 19.4. The number of aryl methyl sites for hydroxylation is 1. The number of fused-ring (bicyclic) bond motifs is 1. The maximum Gasteiger partial charge on any atom is 0.427 e. The predicted octanol–water partition coefficient (Wildman–Crippen LogP) is 5.81. The van der Waals surface area contributed by atoms with Gasteiger partial charge < -0.3 is 19.5 Å². The Balaban J connectivity index is 2.04. The van der Waals surface area contributed by atoms with E-state index in [9.17, 15) is 35.1 Å². The van der Waals surface area contributed by atoms with E-state index in [0.29, 0.717) is 6.07 Å². The van der Waals surface area contributed by atoms with E-state index >= 15 is 0 Å². The van der Waals surface area contributed by atoms with Gasteiger partial charge in [-0.2, -0.15) is 26.3 Å². The van der Waals surface area contributed by atoms with Crippen LogP contribution in [-0.2, 0) is 17.5 Å². The number of alkyl halides is 6. The van der Waals surface area contributed by atoms with Gasteiger partial charge in [0.2, 0.25) is 6.10 Å². The number of hydrogen-bond donors (Lipinski definition) is 1. The summed E-state index contributed by atoms with van der Waals surface area (Å²) in [6.07, 6.45) is -12.3. The van der Waals surface area contributed by atoms with E-state index in [-0.39, 0.29) is 40.1 Å². The Morgan fingerprint density at radius 3 is 2.22 bits per heavy atom. The van der Waals surface area contributed by atoms with Crippen LogP contribution in [0.3, 0.4) is 0 Å². The van der Waals surface area contributed by atoms with E-state index < -0.39 is 54.4 Å². The molecule has 14 heteroatoms. The molecule has 0 radical (unpaired) electrons. The zero-order valence-corrected chi connectivity index (χ0v) is 18.9. The average Bonchev–Trinajstić information content (AvgIpc) is 2.77. The highest BCUT2D eigenvalue weighted by Gasteiger charge is 2.42.